The summed E-state index contributed by atoms with van der Waals surface area (Å²) >= 11 is 0. The van der Waals surface area contributed by atoms with Gasteiger partial charge >= 0.3 is 6.03 Å². The second kappa shape index (κ2) is 3.33. The van der Waals surface area contributed by atoms with E-state index in [2.05, 4.69) is 18.3 Å². The van der Waals surface area contributed by atoms with Crippen molar-refractivity contribution in [2.75, 3.05) is 11.9 Å². The Balaban J connectivity index is 2.43. The SMILES string of the molecule is CCN1C(=O)Nc2ccccc2C1C. The number of fused-ring (bicyclic) bond motifs is 1. The van der Waals surface area contributed by atoms with Gasteiger partial charge in [0.05, 0.1) is 6.04 Å². The molecule has 0 saturated heterocycles. The lowest BCUT2D eigenvalue weighted by Crippen LogP contribution is -2.40. The highest BCUT2D eigenvalue weighted by molar-refractivity contribution is 5.92. The van der Waals surface area contributed by atoms with Gasteiger partial charge in [0.2, 0.25) is 0 Å². The minimum absolute atomic E-state index is 0.00120. The lowest BCUT2D eigenvalue weighted by atomic mass is 10.0. The number of urea groups is 1. The first-order valence-corrected chi connectivity index (χ1v) is 4.90. The minimum atomic E-state index is -0.00120. The van der Waals surface area contributed by atoms with Gasteiger partial charge in [0.25, 0.3) is 0 Å². The Hall–Kier alpha value is -1.51. The third-order valence-electron chi connectivity index (χ3n) is 2.72. The van der Waals surface area contributed by atoms with E-state index in [1.165, 1.54) is 5.56 Å². The van der Waals surface area contributed by atoms with Gasteiger partial charge in [-0.3, -0.25) is 0 Å². The number of nitrogens with one attached hydrogen (secondary N) is 1. The average molecular weight is 190 g/mol. The van der Waals surface area contributed by atoms with E-state index in [-0.39, 0.29) is 12.1 Å². The van der Waals surface area contributed by atoms with Crippen LogP contribution >= 0.6 is 0 Å². The van der Waals surface area contributed by atoms with E-state index in [0.29, 0.717) is 0 Å². The molecule has 2 rings (SSSR count). The zero-order chi connectivity index (χ0) is 10.1. The van der Waals surface area contributed by atoms with Crippen molar-refractivity contribution in [2.45, 2.75) is 19.9 Å². The molecule has 1 heterocycles. The molecule has 0 aromatic heterocycles. The summed E-state index contributed by atoms with van der Waals surface area (Å²) in [6.07, 6.45) is 0. The summed E-state index contributed by atoms with van der Waals surface area (Å²) < 4.78 is 0. The molecular formula is C11H14N2O. The second-order valence-corrected chi connectivity index (χ2v) is 3.48. The lowest BCUT2D eigenvalue weighted by molar-refractivity contribution is 0.193. The number of para-hydroxylation sites is 1. The topological polar surface area (TPSA) is 32.3 Å². The van der Waals surface area contributed by atoms with Gasteiger partial charge in [-0.1, -0.05) is 18.2 Å². The van der Waals surface area contributed by atoms with Gasteiger partial charge in [0.1, 0.15) is 0 Å². The van der Waals surface area contributed by atoms with Crippen molar-refractivity contribution in [1.82, 2.24) is 4.90 Å². The Morgan fingerprint density at radius 1 is 1.43 bits per heavy atom. The van der Waals surface area contributed by atoms with Gasteiger partial charge in [-0.05, 0) is 25.5 Å². The number of amides is 2. The van der Waals surface area contributed by atoms with Crippen molar-refractivity contribution < 1.29 is 4.79 Å². The number of carbonyl (C=O) groups is 1. The fourth-order valence-corrected chi connectivity index (χ4v) is 1.92. The highest BCUT2D eigenvalue weighted by atomic mass is 16.2. The predicted molar refractivity (Wildman–Crippen MR) is 56.3 cm³/mol. The zero-order valence-corrected chi connectivity index (χ0v) is 8.45. The molecule has 1 aromatic carbocycles. The van der Waals surface area contributed by atoms with Crippen LogP contribution in [0.15, 0.2) is 24.3 Å². The molecule has 1 unspecified atom stereocenters. The molecule has 0 aliphatic carbocycles. The molecule has 1 N–H and O–H groups in total. The maximum Gasteiger partial charge on any atom is 0.322 e. The molecule has 1 atom stereocenters. The Morgan fingerprint density at radius 2 is 2.14 bits per heavy atom. The number of anilines is 1. The summed E-state index contributed by atoms with van der Waals surface area (Å²) in [6.45, 7) is 4.78. The standard InChI is InChI=1S/C11H14N2O/c1-3-13-8(2)9-6-4-5-7-10(9)12-11(13)14/h4-8H,3H2,1-2H3,(H,12,14). The van der Waals surface area contributed by atoms with Crippen LogP contribution < -0.4 is 5.32 Å². The highest BCUT2D eigenvalue weighted by Crippen LogP contribution is 2.31. The Bertz CT molecular complexity index is 362. The summed E-state index contributed by atoms with van der Waals surface area (Å²) in [7, 11) is 0. The molecule has 0 radical (unpaired) electrons. The first-order valence-electron chi connectivity index (χ1n) is 4.90. The molecule has 3 heteroatoms. The number of hydrogen-bond acceptors (Lipinski definition) is 1. The normalized spacial score (nSPS) is 20.3. The van der Waals surface area contributed by atoms with Crippen LogP contribution in [0.1, 0.15) is 25.5 Å². The Morgan fingerprint density at radius 3 is 2.86 bits per heavy atom. The number of hydrogen-bond donors (Lipinski definition) is 1. The van der Waals surface area contributed by atoms with Crippen LogP contribution in [0, 0.1) is 0 Å². The quantitative estimate of drug-likeness (QED) is 0.725. The van der Waals surface area contributed by atoms with Crippen LogP contribution in [0.4, 0.5) is 10.5 Å². The molecule has 14 heavy (non-hydrogen) atoms. The molecule has 0 fully saturated rings. The molecular weight excluding hydrogens is 176 g/mol. The van der Waals surface area contributed by atoms with Gasteiger partial charge in [-0.25, -0.2) is 4.79 Å². The summed E-state index contributed by atoms with van der Waals surface area (Å²) in [5.74, 6) is 0. The molecule has 0 spiro atoms. The van der Waals surface area contributed by atoms with Crippen molar-refractivity contribution in [2.24, 2.45) is 0 Å². The molecule has 1 aliphatic rings. The third-order valence-corrected chi connectivity index (χ3v) is 2.72. The fraction of sp³-hybridized carbons (Fsp3) is 0.364. The molecule has 3 nitrogen and oxygen atoms in total. The molecule has 0 bridgehead atoms. The Labute approximate surface area is 83.7 Å². The maximum atomic E-state index is 11.6. The van der Waals surface area contributed by atoms with Crippen LogP contribution in [-0.4, -0.2) is 17.5 Å². The maximum absolute atomic E-state index is 11.6. The molecule has 0 saturated carbocycles. The fourth-order valence-electron chi connectivity index (χ4n) is 1.92. The number of benzene rings is 1. The third kappa shape index (κ3) is 1.25. The van der Waals surface area contributed by atoms with Crippen molar-refractivity contribution in [3.63, 3.8) is 0 Å². The number of carbonyl (C=O) groups excluding carboxylic acids is 1. The van der Waals surface area contributed by atoms with Crippen molar-refractivity contribution in [3.05, 3.63) is 29.8 Å². The molecule has 1 aromatic rings. The summed E-state index contributed by atoms with van der Waals surface area (Å²) in [6, 6.07) is 8.11. The minimum Gasteiger partial charge on any atom is -0.318 e. The first kappa shape index (κ1) is 9.06. The van der Waals surface area contributed by atoms with E-state index in [1.807, 2.05) is 30.0 Å². The van der Waals surface area contributed by atoms with Crippen LogP contribution in [0.2, 0.25) is 0 Å². The van der Waals surface area contributed by atoms with Crippen LogP contribution in [0.5, 0.6) is 0 Å². The van der Waals surface area contributed by atoms with E-state index in [1.54, 1.807) is 0 Å². The van der Waals surface area contributed by atoms with E-state index >= 15 is 0 Å². The molecule has 74 valence electrons. The smallest absolute Gasteiger partial charge is 0.318 e. The molecule has 1 aliphatic heterocycles. The van der Waals surface area contributed by atoms with Crippen molar-refractivity contribution >= 4 is 11.7 Å². The molecule has 2 amide bonds. The summed E-state index contributed by atoms with van der Waals surface area (Å²) in [5, 5.41) is 2.88. The van der Waals surface area contributed by atoms with E-state index in [9.17, 15) is 4.79 Å². The summed E-state index contributed by atoms with van der Waals surface area (Å²) in [4.78, 5) is 13.4. The monoisotopic (exact) mass is 190 g/mol. The van der Waals surface area contributed by atoms with Crippen LogP contribution in [0.3, 0.4) is 0 Å². The van der Waals surface area contributed by atoms with E-state index in [0.717, 1.165) is 12.2 Å². The Kier molecular flexibility index (Phi) is 2.15. The van der Waals surface area contributed by atoms with Gasteiger partial charge < -0.3 is 10.2 Å². The summed E-state index contributed by atoms with van der Waals surface area (Å²) in [5.41, 5.74) is 2.13. The van der Waals surface area contributed by atoms with E-state index < -0.39 is 0 Å². The largest absolute Gasteiger partial charge is 0.322 e. The van der Waals surface area contributed by atoms with E-state index in [4.69, 9.17) is 0 Å². The van der Waals surface area contributed by atoms with Crippen LogP contribution in [0.25, 0.3) is 0 Å². The number of rotatable bonds is 1. The van der Waals surface area contributed by atoms with Crippen LogP contribution in [-0.2, 0) is 0 Å². The zero-order valence-electron chi connectivity index (χ0n) is 8.45. The second-order valence-electron chi connectivity index (χ2n) is 3.48. The number of nitrogens with zero attached hydrogens (tertiary/aromatic N) is 1. The first-order chi connectivity index (χ1) is 6.74. The predicted octanol–water partition coefficient (Wildman–Crippen LogP) is 2.62. The van der Waals surface area contributed by atoms with Gasteiger partial charge in [-0.2, -0.15) is 0 Å². The van der Waals surface area contributed by atoms with Gasteiger partial charge in [-0.15, -0.1) is 0 Å². The van der Waals surface area contributed by atoms with Crippen molar-refractivity contribution in [3.8, 4) is 0 Å². The highest BCUT2D eigenvalue weighted by Gasteiger charge is 2.27. The lowest BCUT2D eigenvalue weighted by Gasteiger charge is -2.34. The van der Waals surface area contributed by atoms with Crippen molar-refractivity contribution in [1.29, 1.82) is 0 Å². The van der Waals surface area contributed by atoms with Gasteiger partial charge in [0.15, 0.2) is 0 Å². The van der Waals surface area contributed by atoms with Gasteiger partial charge in [0, 0.05) is 12.2 Å². The average Bonchev–Trinajstić information content (AvgIpc) is 2.18.